The van der Waals surface area contributed by atoms with E-state index in [4.69, 9.17) is 0 Å². The van der Waals surface area contributed by atoms with Crippen molar-refractivity contribution < 1.29 is 0 Å². The summed E-state index contributed by atoms with van der Waals surface area (Å²) in [4.78, 5) is 0. The van der Waals surface area contributed by atoms with Crippen LogP contribution in [0.2, 0.25) is 0 Å². The number of rotatable bonds is 0. The van der Waals surface area contributed by atoms with Gasteiger partial charge in [-0.05, 0) is 31.6 Å². The van der Waals surface area contributed by atoms with Gasteiger partial charge in [-0.25, -0.2) is 0 Å². The molecule has 0 aromatic carbocycles. The third kappa shape index (κ3) is 2.55. The van der Waals surface area contributed by atoms with Crippen LogP contribution in [0.25, 0.3) is 0 Å². The normalized spacial score (nSPS) is 25.4. The summed E-state index contributed by atoms with van der Waals surface area (Å²) in [6.45, 7) is 6.36. The highest BCUT2D eigenvalue weighted by atomic mass is 14.2. The second-order valence-electron chi connectivity index (χ2n) is 3.66. The summed E-state index contributed by atoms with van der Waals surface area (Å²) in [6.07, 6.45) is 11.2. The Hall–Kier alpha value is -0.260. The van der Waals surface area contributed by atoms with E-state index in [-0.39, 0.29) is 5.41 Å². The highest BCUT2D eigenvalue weighted by Gasteiger charge is 2.13. The van der Waals surface area contributed by atoms with Gasteiger partial charge in [0.15, 0.2) is 0 Å². The Bertz CT molecular complexity index is 120. The molecular formula is C10H17. The first kappa shape index (κ1) is 7.84. The molecule has 0 fully saturated rings. The van der Waals surface area contributed by atoms with Crippen molar-refractivity contribution in [1.82, 2.24) is 0 Å². The summed E-state index contributed by atoms with van der Waals surface area (Å²) in [5.41, 5.74) is 0.223. The third-order valence-electron chi connectivity index (χ3n) is 2.14. The van der Waals surface area contributed by atoms with Crippen molar-refractivity contribution in [3.05, 3.63) is 19.1 Å². The number of hydrogen-bond donors (Lipinski definition) is 0. The Morgan fingerprint density at radius 3 is 2.90 bits per heavy atom. The van der Waals surface area contributed by atoms with Gasteiger partial charge < -0.3 is 0 Å². The predicted molar refractivity (Wildman–Crippen MR) is 45.7 cm³/mol. The van der Waals surface area contributed by atoms with E-state index in [1.165, 1.54) is 32.1 Å². The molecule has 0 N–H and O–H groups in total. The highest BCUT2D eigenvalue weighted by molar-refractivity contribution is 4.99. The Morgan fingerprint density at radius 1 is 1.30 bits per heavy atom. The lowest BCUT2D eigenvalue weighted by atomic mass is 9.84. The van der Waals surface area contributed by atoms with Gasteiger partial charge in [0, 0.05) is 0 Å². The minimum atomic E-state index is 0.223. The van der Waals surface area contributed by atoms with E-state index in [1.54, 1.807) is 0 Å². The quantitative estimate of drug-likeness (QED) is 0.449. The lowest BCUT2D eigenvalue weighted by molar-refractivity contribution is 0.447. The van der Waals surface area contributed by atoms with E-state index >= 15 is 0 Å². The van der Waals surface area contributed by atoms with Gasteiger partial charge in [0.05, 0.1) is 0 Å². The fourth-order valence-corrected chi connectivity index (χ4v) is 1.42. The molecule has 57 valence electrons. The fourth-order valence-electron chi connectivity index (χ4n) is 1.42. The van der Waals surface area contributed by atoms with Crippen LogP contribution in [-0.2, 0) is 0 Å². The second-order valence-corrected chi connectivity index (χ2v) is 3.66. The van der Waals surface area contributed by atoms with Crippen molar-refractivity contribution in [2.45, 2.75) is 39.0 Å². The zero-order valence-electron chi connectivity index (χ0n) is 6.90. The van der Waals surface area contributed by atoms with Gasteiger partial charge in [-0.15, -0.1) is 0 Å². The topological polar surface area (TPSA) is 0 Å². The summed E-state index contributed by atoms with van der Waals surface area (Å²) in [5.74, 6) is 0. The molecule has 0 nitrogen and oxygen atoms in total. The molecular weight excluding hydrogens is 120 g/mol. The van der Waals surface area contributed by atoms with E-state index in [0.29, 0.717) is 0 Å². The fraction of sp³-hybridized carbons (Fsp3) is 0.700. The molecule has 0 amide bonds. The zero-order valence-corrected chi connectivity index (χ0v) is 6.90. The Morgan fingerprint density at radius 2 is 2.10 bits per heavy atom. The highest BCUT2D eigenvalue weighted by Crippen LogP contribution is 2.27. The first-order valence-electron chi connectivity index (χ1n) is 4.24. The lowest BCUT2D eigenvalue weighted by Gasteiger charge is -2.21. The van der Waals surface area contributed by atoms with Crippen molar-refractivity contribution in [1.29, 1.82) is 0 Å². The lowest BCUT2D eigenvalue weighted by Crippen LogP contribution is -2.08. The molecule has 1 aliphatic rings. The van der Waals surface area contributed by atoms with Crippen LogP contribution < -0.4 is 0 Å². The van der Waals surface area contributed by atoms with Crippen LogP contribution in [0.1, 0.15) is 39.0 Å². The molecule has 1 atom stereocenters. The first-order valence-corrected chi connectivity index (χ1v) is 4.24. The van der Waals surface area contributed by atoms with Gasteiger partial charge in [-0.3, -0.25) is 0 Å². The number of hydrogen-bond acceptors (Lipinski definition) is 0. The molecule has 0 aliphatic heterocycles. The summed E-state index contributed by atoms with van der Waals surface area (Å²) in [7, 11) is 0. The Balaban J connectivity index is 2.49. The maximum Gasteiger partial charge on any atom is -0.0146 e. The van der Waals surface area contributed by atoms with E-state index in [0.717, 1.165) is 0 Å². The molecule has 1 aliphatic carbocycles. The van der Waals surface area contributed by atoms with Crippen LogP contribution in [0.4, 0.5) is 0 Å². The molecule has 0 saturated heterocycles. The SMILES string of the molecule is [CH2]C1(C)C=CCCCCC1. The molecule has 0 heteroatoms. The minimum absolute atomic E-state index is 0.223. The standard InChI is InChI=1S/C10H17/c1-10(2)8-6-4-3-5-7-9-10/h6,8H,1,3-5,7,9H2,2H3. The second kappa shape index (κ2) is 3.23. The largest absolute Gasteiger partial charge is 0.0880 e. The van der Waals surface area contributed by atoms with Crippen LogP contribution in [-0.4, -0.2) is 0 Å². The average Bonchev–Trinajstić information content (AvgIpc) is 1.81. The van der Waals surface area contributed by atoms with Crippen LogP contribution >= 0.6 is 0 Å². The zero-order chi connectivity index (χ0) is 7.45. The molecule has 0 saturated carbocycles. The van der Waals surface area contributed by atoms with Gasteiger partial charge in [-0.2, -0.15) is 0 Å². The molecule has 1 rings (SSSR count). The molecule has 1 radical (unpaired) electrons. The Labute approximate surface area is 64.3 Å². The van der Waals surface area contributed by atoms with Crippen molar-refractivity contribution in [2.24, 2.45) is 5.41 Å². The maximum atomic E-state index is 4.14. The molecule has 0 spiro atoms. The van der Waals surface area contributed by atoms with Crippen molar-refractivity contribution in [2.75, 3.05) is 0 Å². The maximum absolute atomic E-state index is 4.14. The van der Waals surface area contributed by atoms with E-state index in [1.807, 2.05) is 0 Å². The smallest absolute Gasteiger partial charge is 0.0146 e. The summed E-state index contributed by atoms with van der Waals surface area (Å²) < 4.78 is 0. The average molecular weight is 137 g/mol. The van der Waals surface area contributed by atoms with Gasteiger partial charge in [0.25, 0.3) is 0 Å². The summed E-state index contributed by atoms with van der Waals surface area (Å²) in [6, 6.07) is 0. The van der Waals surface area contributed by atoms with Crippen molar-refractivity contribution >= 4 is 0 Å². The molecule has 10 heavy (non-hydrogen) atoms. The first-order chi connectivity index (χ1) is 4.71. The van der Waals surface area contributed by atoms with Gasteiger partial charge in [-0.1, -0.05) is 31.9 Å². The van der Waals surface area contributed by atoms with Crippen LogP contribution in [0.3, 0.4) is 0 Å². The van der Waals surface area contributed by atoms with E-state index in [9.17, 15) is 0 Å². The van der Waals surface area contributed by atoms with Gasteiger partial charge in [0.2, 0.25) is 0 Å². The Kier molecular flexibility index (Phi) is 2.53. The monoisotopic (exact) mass is 137 g/mol. The van der Waals surface area contributed by atoms with E-state index in [2.05, 4.69) is 26.0 Å². The van der Waals surface area contributed by atoms with Crippen LogP contribution in [0, 0.1) is 12.3 Å². The van der Waals surface area contributed by atoms with E-state index < -0.39 is 0 Å². The van der Waals surface area contributed by atoms with Crippen LogP contribution in [0.5, 0.6) is 0 Å². The van der Waals surface area contributed by atoms with Gasteiger partial charge >= 0.3 is 0 Å². The molecule has 0 heterocycles. The minimum Gasteiger partial charge on any atom is -0.0880 e. The molecule has 1 unspecified atom stereocenters. The predicted octanol–water partition coefficient (Wildman–Crippen LogP) is 3.35. The molecule has 0 aromatic heterocycles. The molecule has 0 bridgehead atoms. The van der Waals surface area contributed by atoms with Gasteiger partial charge in [0.1, 0.15) is 0 Å². The summed E-state index contributed by atoms with van der Waals surface area (Å²) >= 11 is 0. The third-order valence-corrected chi connectivity index (χ3v) is 2.14. The van der Waals surface area contributed by atoms with Crippen molar-refractivity contribution in [3.8, 4) is 0 Å². The summed E-state index contributed by atoms with van der Waals surface area (Å²) in [5, 5.41) is 0. The van der Waals surface area contributed by atoms with Crippen LogP contribution in [0.15, 0.2) is 12.2 Å². The molecule has 0 aromatic rings. The number of allylic oxidation sites excluding steroid dienone is 2. The van der Waals surface area contributed by atoms with Crippen molar-refractivity contribution in [3.63, 3.8) is 0 Å².